The molecule has 0 fully saturated rings. The zero-order valence-electron chi connectivity index (χ0n) is 13.2. The van der Waals surface area contributed by atoms with Crippen LogP contribution in [-0.4, -0.2) is 25.4 Å². The summed E-state index contributed by atoms with van der Waals surface area (Å²) in [6.45, 7) is 3.85. The Morgan fingerprint density at radius 1 is 1.17 bits per heavy atom. The van der Waals surface area contributed by atoms with Crippen LogP contribution in [0.25, 0.3) is 11.0 Å². The van der Waals surface area contributed by atoms with Gasteiger partial charge in [-0.1, -0.05) is 0 Å². The van der Waals surface area contributed by atoms with E-state index in [4.69, 9.17) is 18.2 Å². The van der Waals surface area contributed by atoms with Crippen LogP contribution in [-0.2, 0) is 19.8 Å². The Morgan fingerprint density at radius 3 is 2.39 bits per heavy atom. The molecule has 0 spiro atoms. The summed E-state index contributed by atoms with van der Waals surface area (Å²) >= 11 is 0. The van der Waals surface area contributed by atoms with Crippen LogP contribution in [0.2, 0.25) is 0 Å². The van der Waals surface area contributed by atoms with Crippen LogP contribution in [0.15, 0.2) is 27.4 Å². The normalized spacial score (nSPS) is 11.8. The van der Waals surface area contributed by atoms with Crippen molar-refractivity contribution in [3.05, 3.63) is 34.2 Å². The van der Waals surface area contributed by atoms with E-state index in [2.05, 4.69) is 0 Å². The van der Waals surface area contributed by atoms with Gasteiger partial charge in [-0.15, -0.1) is 0 Å². The summed E-state index contributed by atoms with van der Waals surface area (Å²) in [6, 6.07) is 4.02. The second-order valence-electron chi connectivity index (χ2n) is 4.72. The molecule has 0 radical (unpaired) electrons. The van der Waals surface area contributed by atoms with Crippen LogP contribution in [0.3, 0.4) is 0 Å². The minimum absolute atomic E-state index is 0.0947. The van der Waals surface area contributed by atoms with Crippen molar-refractivity contribution in [2.75, 3.05) is 20.3 Å². The molecule has 0 saturated heterocycles. The lowest BCUT2D eigenvalue weighted by Crippen LogP contribution is -2.04. The van der Waals surface area contributed by atoms with Gasteiger partial charge in [-0.05, 0) is 25.5 Å². The van der Waals surface area contributed by atoms with Crippen LogP contribution in [0.5, 0.6) is 11.5 Å². The third-order valence-electron chi connectivity index (χ3n) is 3.15. The van der Waals surface area contributed by atoms with E-state index in [0.29, 0.717) is 10.9 Å². The third-order valence-corrected chi connectivity index (χ3v) is 5.18. The van der Waals surface area contributed by atoms with Crippen LogP contribution < -0.4 is 10.4 Å². The summed E-state index contributed by atoms with van der Waals surface area (Å²) in [7, 11) is -2.00. The fraction of sp³-hybridized carbons (Fsp3) is 0.400. The number of methoxy groups -OCH3 is 1. The van der Waals surface area contributed by atoms with Gasteiger partial charge in [0, 0.05) is 17.5 Å². The fourth-order valence-electron chi connectivity index (χ4n) is 2.27. The second kappa shape index (κ2) is 7.17. The van der Waals surface area contributed by atoms with Gasteiger partial charge in [0.1, 0.15) is 5.58 Å². The van der Waals surface area contributed by atoms with E-state index in [1.165, 1.54) is 25.3 Å². The fourth-order valence-corrected chi connectivity index (χ4v) is 3.99. The van der Waals surface area contributed by atoms with E-state index in [1.807, 2.05) is 0 Å². The first-order chi connectivity index (χ1) is 10.9. The number of fused-ring (bicyclic) bond motifs is 1. The third kappa shape index (κ3) is 3.93. The molecule has 7 nitrogen and oxygen atoms in total. The number of hydrogen-bond donors (Lipinski definition) is 1. The van der Waals surface area contributed by atoms with Gasteiger partial charge >= 0.3 is 13.2 Å². The molecule has 23 heavy (non-hydrogen) atoms. The number of phenols is 1. The van der Waals surface area contributed by atoms with Gasteiger partial charge in [0.25, 0.3) is 0 Å². The van der Waals surface area contributed by atoms with Crippen molar-refractivity contribution in [2.45, 2.75) is 20.0 Å². The summed E-state index contributed by atoms with van der Waals surface area (Å²) in [5.41, 5.74) is 0.0425. The molecule has 0 bridgehead atoms. The number of phenolic OH excluding ortho intramolecular Hbond substituents is 1. The minimum Gasteiger partial charge on any atom is -0.504 e. The molecule has 0 unspecified atom stereocenters. The summed E-state index contributed by atoms with van der Waals surface area (Å²) in [6.07, 6.45) is -0.0947. The van der Waals surface area contributed by atoms with E-state index in [9.17, 15) is 14.5 Å². The lowest BCUT2D eigenvalue weighted by atomic mass is 10.1. The monoisotopic (exact) mass is 342 g/mol. The van der Waals surface area contributed by atoms with Crippen molar-refractivity contribution in [1.82, 2.24) is 0 Å². The molecule has 2 rings (SSSR count). The highest BCUT2D eigenvalue weighted by Crippen LogP contribution is 2.52. The smallest absolute Gasteiger partial charge is 0.336 e. The maximum absolute atomic E-state index is 12.7. The van der Waals surface area contributed by atoms with E-state index >= 15 is 0 Å². The number of hydrogen-bond acceptors (Lipinski definition) is 7. The number of ether oxygens (including phenoxy) is 1. The molecule has 0 aliphatic carbocycles. The Hall–Kier alpha value is -1.82. The van der Waals surface area contributed by atoms with Crippen LogP contribution in [0.1, 0.15) is 19.4 Å². The highest BCUT2D eigenvalue weighted by molar-refractivity contribution is 7.53. The van der Waals surface area contributed by atoms with Crippen LogP contribution in [0.4, 0.5) is 0 Å². The van der Waals surface area contributed by atoms with Crippen molar-refractivity contribution < 1.29 is 27.9 Å². The molecule has 0 aliphatic rings. The number of rotatable bonds is 7. The van der Waals surface area contributed by atoms with Gasteiger partial charge in [0.15, 0.2) is 11.5 Å². The standard InChI is InChI=1S/C15H19O7P/c1-4-20-23(18,21-5-2)9-10-6-15(17)22-13-8-14(19-3)12(16)7-11(10)13/h6-8,16H,4-5,9H2,1-3H3. The maximum atomic E-state index is 12.7. The lowest BCUT2D eigenvalue weighted by Gasteiger charge is -2.17. The first kappa shape index (κ1) is 17.5. The Balaban J connectivity index is 2.57. The van der Waals surface area contributed by atoms with Gasteiger partial charge in [0.2, 0.25) is 0 Å². The zero-order valence-corrected chi connectivity index (χ0v) is 14.1. The number of benzene rings is 1. The molecule has 0 aliphatic heterocycles. The minimum atomic E-state index is -3.39. The van der Waals surface area contributed by atoms with E-state index in [-0.39, 0.29) is 36.5 Å². The Bertz CT molecular complexity index is 786. The predicted molar refractivity (Wildman–Crippen MR) is 85.3 cm³/mol. The van der Waals surface area contributed by atoms with Crippen molar-refractivity contribution in [3.8, 4) is 11.5 Å². The molecule has 1 heterocycles. The molecule has 2 aromatic rings. The molecule has 1 N–H and O–H groups in total. The number of aromatic hydroxyl groups is 1. The van der Waals surface area contributed by atoms with E-state index in [0.717, 1.165) is 0 Å². The van der Waals surface area contributed by atoms with Crippen molar-refractivity contribution >= 4 is 18.6 Å². The summed E-state index contributed by atoms with van der Waals surface area (Å²) in [5.74, 6) is 0.0633. The molecule has 8 heteroatoms. The molecule has 0 atom stereocenters. The van der Waals surface area contributed by atoms with Gasteiger partial charge < -0.3 is 23.3 Å². The molecule has 126 valence electrons. The largest absolute Gasteiger partial charge is 0.504 e. The SMILES string of the molecule is CCOP(=O)(Cc1cc(=O)oc2cc(OC)c(O)cc12)OCC. The Labute approximate surface area is 133 Å². The molecule has 0 saturated carbocycles. The average molecular weight is 342 g/mol. The molecule has 1 aromatic heterocycles. The zero-order chi connectivity index (χ0) is 17.0. The summed E-state index contributed by atoms with van der Waals surface area (Å²) in [4.78, 5) is 11.7. The van der Waals surface area contributed by atoms with E-state index < -0.39 is 13.2 Å². The first-order valence-electron chi connectivity index (χ1n) is 7.14. The average Bonchev–Trinajstić information content (AvgIpc) is 2.47. The van der Waals surface area contributed by atoms with Crippen LogP contribution in [0, 0.1) is 0 Å². The van der Waals surface area contributed by atoms with Gasteiger partial charge in [-0.3, -0.25) is 4.57 Å². The van der Waals surface area contributed by atoms with Crippen molar-refractivity contribution in [1.29, 1.82) is 0 Å². The predicted octanol–water partition coefficient (Wildman–Crippen LogP) is 3.27. The quantitative estimate of drug-likeness (QED) is 0.609. The van der Waals surface area contributed by atoms with Gasteiger partial charge in [-0.2, -0.15) is 0 Å². The Kier molecular flexibility index (Phi) is 5.46. The highest BCUT2D eigenvalue weighted by Gasteiger charge is 2.26. The van der Waals surface area contributed by atoms with Crippen LogP contribution >= 0.6 is 7.60 Å². The molecular formula is C15H19O7P. The molecule has 1 aromatic carbocycles. The topological polar surface area (TPSA) is 95.2 Å². The first-order valence-corrected chi connectivity index (χ1v) is 8.87. The van der Waals surface area contributed by atoms with E-state index in [1.54, 1.807) is 13.8 Å². The van der Waals surface area contributed by atoms with Crippen molar-refractivity contribution in [2.24, 2.45) is 0 Å². The summed E-state index contributed by atoms with van der Waals surface area (Å²) in [5, 5.41) is 10.4. The summed E-state index contributed by atoms with van der Waals surface area (Å²) < 4.78 is 33.3. The van der Waals surface area contributed by atoms with Gasteiger partial charge in [-0.25, -0.2) is 4.79 Å². The lowest BCUT2D eigenvalue weighted by molar-refractivity contribution is 0.219. The molecule has 0 amide bonds. The molecular weight excluding hydrogens is 323 g/mol. The van der Waals surface area contributed by atoms with Crippen molar-refractivity contribution in [3.63, 3.8) is 0 Å². The van der Waals surface area contributed by atoms with Gasteiger partial charge in [0.05, 0.1) is 26.5 Å². The Morgan fingerprint density at radius 2 is 1.83 bits per heavy atom. The maximum Gasteiger partial charge on any atom is 0.336 e. The highest BCUT2D eigenvalue weighted by atomic mass is 31.2. The second-order valence-corrected chi connectivity index (χ2v) is 6.77.